The highest BCUT2D eigenvalue weighted by atomic mass is 16.5. The van der Waals surface area contributed by atoms with Crippen molar-refractivity contribution >= 4 is 11.9 Å². The van der Waals surface area contributed by atoms with Crippen LogP contribution in [0.3, 0.4) is 0 Å². The van der Waals surface area contributed by atoms with Crippen LogP contribution < -0.4 is 11.1 Å². The Balaban J connectivity index is 1.60. The Morgan fingerprint density at radius 1 is 1.28 bits per heavy atom. The lowest BCUT2D eigenvalue weighted by Gasteiger charge is -2.27. The topological polar surface area (TPSA) is 84.7 Å². The van der Waals surface area contributed by atoms with Crippen molar-refractivity contribution in [2.75, 3.05) is 13.1 Å². The number of carbonyl (C=O) groups excluding carboxylic acids is 2. The van der Waals surface area contributed by atoms with E-state index in [4.69, 9.17) is 10.5 Å². The molecule has 3 rings (SSSR count). The van der Waals surface area contributed by atoms with Crippen molar-refractivity contribution in [1.29, 1.82) is 0 Å². The number of benzene rings is 1. The summed E-state index contributed by atoms with van der Waals surface area (Å²) >= 11 is 0. The number of urea groups is 1. The summed E-state index contributed by atoms with van der Waals surface area (Å²) in [5.74, 6) is -0.427. The van der Waals surface area contributed by atoms with Gasteiger partial charge in [0.25, 0.3) is 0 Å². The predicted molar refractivity (Wildman–Crippen MR) is 95.1 cm³/mol. The Morgan fingerprint density at radius 2 is 2.08 bits per heavy atom. The summed E-state index contributed by atoms with van der Waals surface area (Å²) < 4.78 is 5.57. The number of nitrogens with zero attached hydrogens (tertiary/aromatic N) is 1. The van der Waals surface area contributed by atoms with Crippen molar-refractivity contribution in [1.82, 2.24) is 10.2 Å². The highest BCUT2D eigenvalue weighted by Crippen LogP contribution is 2.34. The fraction of sp³-hybridized carbons (Fsp3) is 0.579. The number of hydrogen-bond acceptors (Lipinski definition) is 3. The predicted octanol–water partition coefficient (Wildman–Crippen LogP) is 2.18. The number of hydrogen-bond donors (Lipinski definition) is 2. The number of rotatable bonds is 4. The van der Waals surface area contributed by atoms with Crippen LogP contribution in [0.1, 0.15) is 48.4 Å². The molecule has 2 aliphatic rings. The van der Waals surface area contributed by atoms with E-state index in [1.54, 1.807) is 0 Å². The SMILES string of the molecule is Cc1cccc(C2CCCN2C(=O)NCC2CCC(C(N)=O)O2)c1C. The van der Waals surface area contributed by atoms with E-state index in [1.807, 2.05) is 4.90 Å². The number of ether oxygens (including phenoxy) is 1. The standard InChI is InChI=1S/C19H27N3O3/c1-12-5-3-6-15(13(12)2)16-7-4-10-22(16)19(24)21-11-14-8-9-17(25-14)18(20)23/h3,5-6,14,16-17H,4,7-11H2,1-2H3,(H2,20,23)(H,21,24). The van der Waals surface area contributed by atoms with Crippen LogP contribution in [0.5, 0.6) is 0 Å². The molecule has 3 unspecified atom stereocenters. The molecule has 0 aliphatic carbocycles. The molecule has 0 radical (unpaired) electrons. The van der Waals surface area contributed by atoms with Gasteiger partial charge in [-0.25, -0.2) is 4.79 Å². The van der Waals surface area contributed by atoms with Crippen molar-refractivity contribution in [3.63, 3.8) is 0 Å². The zero-order valence-corrected chi connectivity index (χ0v) is 15.0. The average Bonchev–Trinajstić information content (AvgIpc) is 3.24. The van der Waals surface area contributed by atoms with Crippen molar-refractivity contribution in [2.24, 2.45) is 5.73 Å². The first-order valence-corrected chi connectivity index (χ1v) is 9.02. The lowest BCUT2D eigenvalue weighted by Crippen LogP contribution is -2.43. The largest absolute Gasteiger partial charge is 0.367 e. The number of likely N-dealkylation sites (tertiary alicyclic amines) is 1. The third-order valence-electron chi connectivity index (χ3n) is 5.43. The molecule has 6 nitrogen and oxygen atoms in total. The molecule has 136 valence electrons. The smallest absolute Gasteiger partial charge is 0.318 e. The molecule has 3 N–H and O–H groups in total. The molecule has 2 heterocycles. The summed E-state index contributed by atoms with van der Waals surface area (Å²) in [6.07, 6.45) is 2.72. The summed E-state index contributed by atoms with van der Waals surface area (Å²) in [6, 6.07) is 6.35. The minimum Gasteiger partial charge on any atom is -0.367 e. The molecule has 0 aromatic heterocycles. The highest BCUT2D eigenvalue weighted by molar-refractivity contribution is 5.79. The van der Waals surface area contributed by atoms with Crippen molar-refractivity contribution < 1.29 is 14.3 Å². The van der Waals surface area contributed by atoms with Gasteiger partial charge in [0.05, 0.1) is 12.1 Å². The third kappa shape index (κ3) is 3.79. The lowest BCUT2D eigenvalue weighted by molar-refractivity contribution is -0.128. The van der Waals surface area contributed by atoms with Crippen LogP contribution in [-0.4, -0.2) is 42.1 Å². The minimum absolute atomic E-state index is 0.0606. The fourth-order valence-corrected chi connectivity index (χ4v) is 3.84. The number of nitrogens with two attached hydrogens (primary N) is 1. The van der Waals surface area contributed by atoms with Gasteiger partial charge in [-0.15, -0.1) is 0 Å². The molecule has 2 fully saturated rings. The maximum atomic E-state index is 12.7. The van der Waals surface area contributed by atoms with E-state index in [-0.39, 0.29) is 18.2 Å². The molecule has 25 heavy (non-hydrogen) atoms. The van der Waals surface area contributed by atoms with Gasteiger partial charge in [0.2, 0.25) is 5.91 Å². The Kier molecular flexibility index (Phi) is 5.27. The van der Waals surface area contributed by atoms with Crippen LogP contribution in [0.4, 0.5) is 4.79 Å². The van der Waals surface area contributed by atoms with E-state index < -0.39 is 12.0 Å². The third-order valence-corrected chi connectivity index (χ3v) is 5.43. The highest BCUT2D eigenvalue weighted by Gasteiger charge is 2.33. The summed E-state index contributed by atoms with van der Waals surface area (Å²) in [5.41, 5.74) is 9.01. The zero-order chi connectivity index (χ0) is 18.0. The second-order valence-electron chi connectivity index (χ2n) is 7.05. The zero-order valence-electron chi connectivity index (χ0n) is 15.0. The van der Waals surface area contributed by atoms with Gasteiger partial charge in [0, 0.05) is 13.1 Å². The average molecular weight is 345 g/mol. The van der Waals surface area contributed by atoms with Crippen LogP contribution in [0, 0.1) is 13.8 Å². The Labute approximate surface area is 148 Å². The molecule has 6 heteroatoms. The van der Waals surface area contributed by atoms with Crippen LogP contribution in [0.25, 0.3) is 0 Å². The molecule has 0 saturated carbocycles. The van der Waals surface area contributed by atoms with E-state index in [9.17, 15) is 9.59 Å². The van der Waals surface area contributed by atoms with Gasteiger partial charge in [-0.2, -0.15) is 0 Å². The van der Waals surface area contributed by atoms with Crippen LogP contribution >= 0.6 is 0 Å². The number of aryl methyl sites for hydroxylation is 1. The molecule has 2 aliphatic heterocycles. The van der Waals surface area contributed by atoms with E-state index in [2.05, 4.69) is 37.4 Å². The first-order chi connectivity index (χ1) is 12.0. The summed E-state index contributed by atoms with van der Waals surface area (Å²) in [6.45, 7) is 5.40. The second kappa shape index (κ2) is 7.44. The number of amides is 3. The van der Waals surface area contributed by atoms with Gasteiger partial charge in [0.1, 0.15) is 6.10 Å². The van der Waals surface area contributed by atoms with Gasteiger partial charge in [-0.3, -0.25) is 4.79 Å². The summed E-state index contributed by atoms with van der Waals surface area (Å²) in [5, 5.41) is 2.97. The number of carbonyl (C=O) groups is 2. The van der Waals surface area contributed by atoms with E-state index >= 15 is 0 Å². The maximum absolute atomic E-state index is 12.7. The molecule has 0 bridgehead atoms. The Morgan fingerprint density at radius 3 is 2.80 bits per heavy atom. The second-order valence-corrected chi connectivity index (χ2v) is 7.05. The van der Waals surface area contributed by atoms with Gasteiger partial charge in [-0.05, 0) is 56.2 Å². The van der Waals surface area contributed by atoms with Gasteiger partial charge < -0.3 is 20.7 Å². The molecular weight excluding hydrogens is 318 g/mol. The van der Waals surface area contributed by atoms with Gasteiger partial charge in [0.15, 0.2) is 0 Å². The Hall–Kier alpha value is -2.08. The number of nitrogens with one attached hydrogen (secondary N) is 1. The molecule has 1 aromatic rings. The number of primary amides is 1. The molecule has 0 spiro atoms. The molecule has 1 aromatic carbocycles. The van der Waals surface area contributed by atoms with Crippen LogP contribution in [0.2, 0.25) is 0 Å². The Bertz CT molecular complexity index is 661. The lowest BCUT2D eigenvalue weighted by atomic mass is 9.96. The minimum atomic E-state index is -0.517. The first kappa shape index (κ1) is 17.7. The molecular formula is C19H27N3O3. The molecule has 3 amide bonds. The summed E-state index contributed by atoms with van der Waals surface area (Å²) in [4.78, 5) is 25.7. The van der Waals surface area contributed by atoms with Crippen LogP contribution in [0.15, 0.2) is 18.2 Å². The van der Waals surface area contributed by atoms with Crippen molar-refractivity contribution in [3.8, 4) is 0 Å². The monoisotopic (exact) mass is 345 g/mol. The van der Waals surface area contributed by atoms with E-state index in [0.717, 1.165) is 25.8 Å². The molecule has 3 atom stereocenters. The van der Waals surface area contributed by atoms with Crippen molar-refractivity contribution in [2.45, 2.75) is 57.8 Å². The quantitative estimate of drug-likeness (QED) is 0.877. The fourth-order valence-electron chi connectivity index (χ4n) is 3.84. The molecule has 2 saturated heterocycles. The normalized spacial score (nSPS) is 26.0. The summed E-state index contributed by atoms with van der Waals surface area (Å²) in [7, 11) is 0. The maximum Gasteiger partial charge on any atom is 0.318 e. The van der Waals surface area contributed by atoms with E-state index in [0.29, 0.717) is 13.0 Å². The van der Waals surface area contributed by atoms with Crippen LogP contribution in [-0.2, 0) is 9.53 Å². The van der Waals surface area contributed by atoms with Gasteiger partial charge >= 0.3 is 6.03 Å². The van der Waals surface area contributed by atoms with Gasteiger partial charge in [-0.1, -0.05) is 18.2 Å². The first-order valence-electron chi connectivity index (χ1n) is 9.02. The van der Waals surface area contributed by atoms with Crippen molar-refractivity contribution in [3.05, 3.63) is 34.9 Å². The van der Waals surface area contributed by atoms with E-state index in [1.165, 1.54) is 16.7 Å².